The summed E-state index contributed by atoms with van der Waals surface area (Å²) in [6.07, 6.45) is 0.766. The lowest BCUT2D eigenvalue weighted by atomic mass is 9.94. The zero-order valence-corrected chi connectivity index (χ0v) is 21.1. The van der Waals surface area contributed by atoms with E-state index >= 15 is 0 Å². The second kappa shape index (κ2) is 12.0. The number of likely N-dealkylation sites (tertiary alicyclic amines) is 1. The van der Waals surface area contributed by atoms with Gasteiger partial charge in [-0.1, -0.05) is 44.2 Å². The zero-order chi connectivity index (χ0) is 27.2. The molecule has 1 unspecified atom stereocenters. The maximum absolute atomic E-state index is 14.9. The van der Waals surface area contributed by atoms with E-state index in [0.29, 0.717) is 12.0 Å². The maximum Gasteiger partial charge on any atom is 0.383 e. The van der Waals surface area contributed by atoms with Crippen LogP contribution in [0.4, 0.5) is 8.78 Å². The Morgan fingerprint density at radius 1 is 0.972 bits per heavy atom. The molecule has 0 bridgehead atoms. The minimum atomic E-state index is -4.39. The summed E-state index contributed by atoms with van der Waals surface area (Å²) < 4.78 is 29.9. The normalized spacial score (nSPS) is 18.2. The highest BCUT2D eigenvalue weighted by Gasteiger charge is 2.52. The standard InChI is InChI=1S/C25H34F2N4O5/c1-14(2)20(21(33)25(26,27)24(36)29-15(3)18-10-7-6-8-11-18)30-22(34)19-12-9-13-31(19)23(35)16(4)28-17(5)32/h6-8,10-11,14-16,19-20H,9,12-13H2,1-5H3,(H,28,32)(H,29,36)(H,30,34)/t15?,16-,19-,20-/m0/s1. The fraction of sp³-hybridized carbons (Fsp3) is 0.560. The van der Waals surface area contributed by atoms with Crippen LogP contribution in [0.5, 0.6) is 0 Å². The van der Waals surface area contributed by atoms with E-state index in [4.69, 9.17) is 0 Å². The van der Waals surface area contributed by atoms with Crippen molar-refractivity contribution in [1.29, 1.82) is 0 Å². The van der Waals surface area contributed by atoms with E-state index in [1.54, 1.807) is 30.3 Å². The van der Waals surface area contributed by atoms with Crippen molar-refractivity contribution in [3.8, 4) is 0 Å². The Balaban J connectivity index is 2.13. The first-order chi connectivity index (χ1) is 16.8. The van der Waals surface area contributed by atoms with Crippen molar-refractivity contribution in [2.45, 2.75) is 77.6 Å². The second-order valence-electron chi connectivity index (χ2n) is 9.39. The van der Waals surface area contributed by atoms with Crippen molar-refractivity contribution in [3.05, 3.63) is 35.9 Å². The number of rotatable bonds is 10. The summed E-state index contributed by atoms with van der Waals surface area (Å²) in [6.45, 7) is 7.45. The number of alkyl halides is 2. The molecule has 3 N–H and O–H groups in total. The number of benzene rings is 1. The van der Waals surface area contributed by atoms with Crippen molar-refractivity contribution in [2.75, 3.05) is 6.54 Å². The molecule has 0 aromatic heterocycles. The lowest BCUT2D eigenvalue weighted by molar-refractivity contribution is -0.161. The highest BCUT2D eigenvalue weighted by molar-refractivity contribution is 6.10. The van der Waals surface area contributed by atoms with Crippen molar-refractivity contribution in [2.24, 2.45) is 5.92 Å². The molecule has 1 aliphatic rings. The van der Waals surface area contributed by atoms with Crippen LogP contribution in [0, 0.1) is 5.92 Å². The molecule has 2 rings (SSSR count). The molecule has 36 heavy (non-hydrogen) atoms. The smallest absolute Gasteiger partial charge is 0.345 e. The largest absolute Gasteiger partial charge is 0.383 e. The Labute approximate surface area is 209 Å². The second-order valence-corrected chi connectivity index (χ2v) is 9.39. The number of carbonyl (C=O) groups excluding carboxylic acids is 5. The summed E-state index contributed by atoms with van der Waals surface area (Å²) in [5.74, 6) is -10.3. The molecule has 1 heterocycles. The summed E-state index contributed by atoms with van der Waals surface area (Å²) in [6, 6.07) is 4.16. The molecule has 1 fully saturated rings. The lowest BCUT2D eigenvalue weighted by Gasteiger charge is -2.30. The predicted octanol–water partition coefficient (Wildman–Crippen LogP) is 1.72. The highest BCUT2D eigenvalue weighted by atomic mass is 19.3. The van der Waals surface area contributed by atoms with Gasteiger partial charge in [-0.05, 0) is 38.2 Å². The summed E-state index contributed by atoms with van der Waals surface area (Å²) >= 11 is 0. The number of Topliss-reactive ketones (excluding diaryl/α,β-unsaturated/α-hetero) is 1. The van der Waals surface area contributed by atoms with E-state index < -0.39 is 65.4 Å². The van der Waals surface area contributed by atoms with Crippen LogP contribution in [0.1, 0.15) is 59.1 Å². The van der Waals surface area contributed by atoms with Gasteiger partial charge in [0, 0.05) is 13.5 Å². The molecule has 1 saturated heterocycles. The van der Waals surface area contributed by atoms with Crippen molar-refractivity contribution in [3.63, 3.8) is 0 Å². The molecule has 1 aromatic rings. The number of nitrogens with one attached hydrogen (secondary N) is 3. The molecule has 4 amide bonds. The van der Waals surface area contributed by atoms with E-state index in [1.165, 1.54) is 39.5 Å². The fourth-order valence-corrected chi connectivity index (χ4v) is 4.12. The molecule has 0 aliphatic carbocycles. The average molecular weight is 509 g/mol. The average Bonchev–Trinajstić information content (AvgIpc) is 3.31. The number of hydrogen-bond donors (Lipinski definition) is 3. The van der Waals surface area contributed by atoms with Crippen LogP contribution >= 0.6 is 0 Å². The van der Waals surface area contributed by atoms with E-state index in [9.17, 15) is 32.8 Å². The number of carbonyl (C=O) groups is 5. The highest BCUT2D eigenvalue weighted by Crippen LogP contribution is 2.24. The van der Waals surface area contributed by atoms with Gasteiger partial charge >= 0.3 is 5.92 Å². The summed E-state index contributed by atoms with van der Waals surface area (Å²) in [5, 5.41) is 6.95. The summed E-state index contributed by atoms with van der Waals surface area (Å²) in [7, 11) is 0. The molecule has 11 heteroatoms. The molecule has 0 spiro atoms. The van der Waals surface area contributed by atoms with Crippen LogP contribution < -0.4 is 16.0 Å². The van der Waals surface area contributed by atoms with Crippen LogP contribution in [0.15, 0.2) is 30.3 Å². The van der Waals surface area contributed by atoms with Crippen molar-refractivity contribution in [1.82, 2.24) is 20.9 Å². The van der Waals surface area contributed by atoms with Gasteiger partial charge in [-0.3, -0.25) is 24.0 Å². The fourth-order valence-electron chi connectivity index (χ4n) is 4.12. The van der Waals surface area contributed by atoms with Gasteiger partial charge < -0.3 is 20.9 Å². The Hall–Kier alpha value is -3.37. The molecule has 1 aromatic carbocycles. The van der Waals surface area contributed by atoms with Crippen LogP contribution in [-0.2, 0) is 24.0 Å². The molecule has 0 saturated carbocycles. The summed E-state index contributed by atoms with van der Waals surface area (Å²) in [4.78, 5) is 63.4. The van der Waals surface area contributed by atoms with Gasteiger partial charge in [-0.2, -0.15) is 8.78 Å². The Kier molecular flexibility index (Phi) is 9.66. The Morgan fingerprint density at radius 2 is 1.58 bits per heavy atom. The van der Waals surface area contributed by atoms with Crippen LogP contribution in [0.25, 0.3) is 0 Å². The van der Waals surface area contributed by atoms with Crippen LogP contribution in [-0.4, -0.2) is 64.9 Å². The van der Waals surface area contributed by atoms with Gasteiger partial charge in [0.05, 0.1) is 12.1 Å². The van der Waals surface area contributed by atoms with Gasteiger partial charge in [0.15, 0.2) is 0 Å². The maximum atomic E-state index is 14.9. The Bertz CT molecular complexity index is 986. The number of amides is 4. The van der Waals surface area contributed by atoms with Crippen LogP contribution in [0.2, 0.25) is 0 Å². The first kappa shape index (κ1) is 28.9. The quantitative estimate of drug-likeness (QED) is 0.415. The van der Waals surface area contributed by atoms with E-state index in [-0.39, 0.29) is 13.0 Å². The van der Waals surface area contributed by atoms with E-state index in [1.807, 2.05) is 0 Å². The van der Waals surface area contributed by atoms with Gasteiger partial charge in [-0.25, -0.2) is 0 Å². The third-order valence-corrected chi connectivity index (χ3v) is 6.12. The molecule has 0 radical (unpaired) electrons. The molecule has 9 nitrogen and oxygen atoms in total. The van der Waals surface area contributed by atoms with E-state index in [2.05, 4.69) is 16.0 Å². The third kappa shape index (κ3) is 6.86. The van der Waals surface area contributed by atoms with Gasteiger partial charge in [-0.15, -0.1) is 0 Å². The topological polar surface area (TPSA) is 125 Å². The Morgan fingerprint density at radius 3 is 2.14 bits per heavy atom. The first-order valence-electron chi connectivity index (χ1n) is 11.9. The molecular formula is C25H34F2N4O5. The van der Waals surface area contributed by atoms with Gasteiger partial charge in [0.25, 0.3) is 5.91 Å². The predicted molar refractivity (Wildman–Crippen MR) is 128 cm³/mol. The van der Waals surface area contributed by atoms with Gasteiger partial charge in [0.2, 0.25) is 23.5 Å². The summed E-state index contributed by atoms with van der Waals surface area (Å²) in [5.41, 5.74) is 0.585. The number of ketones is 1. The van der Waals surface area contributed by atoms with Gasteiger partial charge in [0.1, 0.15) is 12.1 Å². The SMILES string of the molecule is CC(=O)N[C@@H](C)C(=O)N1CCC[C@H]1C(=O)N[C@H](C(=O)C(F)(F)C(=O)NC(C)c1ccccc1)C(C)C. The van der Waals surface area contributed by atoms with Crippen molar-refractivity contribution < 1.29 is 32.8 Å². The van der Waals surface area contributed by atoms with Crippen LogP contribution in [0.3, 0.4) is 0 Å². The molecule has 4 atom stereocenters. The number of hydrogen-bond acceptors (Lipinski definition) is 5. The molecule has 198 valence electrons. The van der Waals surface area contributed by atoms with E-state index in [0.717, 1.165) is 0 Å². The number of nitrogens with zero attached hydrogens (tertiary/aromatic N) is 1. The zero-order valence-electron chi connectivity index (χ0n) is 21.1. The minimum Gasteiger partial charge on any atom is -0.345 e. The minimum absolute atomic E-state index is 0.247. The third-order valence-electron chi connectivity index (χ3n) is 6.12. The monoisotopic (exact) mass is 508 g/mol. The van der Waals surface area contributed by atoms with Crippen molar-refractivity contribution >= 4 is 29.4 Å². The molecule has 1 aliphatic heterocycles. The number of halogens is 2. The lowest BCUT2D eigenvalue weighted by Crippen LogP contribution is -2.59. The molecular weight excluding hydrogens is 474 g/mol. The first-order valence-corrected chi connectivity index (χ1v) is 11.9.